The summed E-state index contributed by atoms with van der Waals surface area (Å²) in [5.74, 6) is -0.722. The number of halogens is 1. The van der Waals surface area contributed by atoms with Gasteiger partial charge < -0.3 is 5.11 Å². The minimum absolute atomic E-state index is 0.0799. The van der Waals surface area contributed by atoms with Crippen molar-refractivity contribution in [2.24, 2.45) is 5.92 Å². The third-order valence-electron chi connectivity index (χ3n) is 2.18. The Kier molecular flexibility index (Phi) is 2.85. The minimum atomic E-state index is -0.802. The molecule has 0 heterocycles. The van der Waals surface area contributed by atoms with Crippen LogP contribution in [0.5, 0.6) is 0 Å². The van der Waals surface area contributed by atoms with E-state index < -0.39 is 12.1 Å². The molecule has 0 aromatic carbocycles. The van der Waals surface area contributed by atoms with Gasteiger partial charge in [-0.15, -0.1) is 0 Å². The van der Waals surface area contributed by atoms with Crippen LogP contribution in [0.25, 0.3) is 0 Å². The van der Waals surface area contributed by atoms with Crippen molar-refractivity contribution in [2.45, 2.75) is 38.3 Å². The number of carboxylic acid groups (broad SMARTS) is 1. The smallest absolute Gasteiger partial charge is 0.303 e. The van der Waals surface area contributed by atoms with Gasteiger partial charge in [-0.05, 0) is 25.2 Å². The maximum absolute atomic E-state index is 12.7. The first-order chi connectivity index (χ1) is 5.18. The number of alkyl halides is 1. The Labute approximate surface area is 65.4 Å². The predicted molar refractivity (Wildman–Crippen MR) is 39.1 cm³/mol. The van der Waals surface area contributed by atoms with Gasteiger partial charge in [0.15, 0.2) is 0 Å². The molecule has 1 N–H and O–H groups in total. The van der Waals surface area contributed by atoms with Crippen molar-refractivity contribution in [3.8, 4) is 0 Å². The Hall–Kier alpha value is -0.600. The van der Waals surface area contributed by atoms with Crippen molar-refractivity contribution in [3.05, 3.63) is 0 Å². The molecule has 0 aromatic heterocycles. The fourth-order valence-corrected chi connectivity index (χ4v) is 1.66. The van der Waals surface area contributed by atoms with Gasteiger partial charge in [0, 0.05) is 6.42 Å². The molecule has 1 aliphatic carbocycles. The van der Waals surface area contributed by atoms with Gasteiger partial charge in [0.25, 0.3) is 0 Å². The van der Waals surface area contributed by atoms with Crippen LogP contribution in [0.1, 0.15) is 32.1 Å². The van der Waals surface area contributed by atoms with Crippen LogP contribution in [-0.4, -0.2) is 17.2 Å². The largest absolute Gasteiger partial charge is 0.481 e. The summed E-state index contributed by atoms with van der Waals surface area (Å²) in [5, 5.41) is 8.43. The van der Waals surface area contributed by atoms with Crippen molar-refractivity contribution in [1.82, 2.24) is 0 Å². The molecule has 0 unspecified atom stereocenters. The highest BCUT2D eigenvalue weighted by molar-refractivity contribution is 5.67. The molecule has 0 radical (unpaired) electrons. The summed E-state index contributed by atoms with van der Waals surface area (Å²) < 4.78 is 12.7. The first-order valence-corrected chi connectivity index (χ1v) is 4.04. The van der Waals surface area contributed by atoms with E-state index in [9.17, 15) is 9.18 Å². The fraction of sp³-hybridized carbons (Fsp3) is 0.875. The fourth-order valence-electron chi connectivity index (χ4n) is 1.66. The van der Waals surface area contributed by atoms with Crippen LogP contribution in [-0.2, 0) is 4.79 Å². The Morgan fingerprint density at radius 2 is 2.27 bits per heavy atom. The molecule has 3 heteroatoms. The molecule has 1 fully saturated rings. The van der Waals surface area contributed by atoms with E-state index in [0.717, 1.165) is 12.8 Å². The third kappa shape index (κ3) is 2.87. The number of rotatable bonds is 2. The summed E-state index contributed by atoms with van der Waals surface area (Å²) in [6, 6.07) is 0. The lowest BCUT2D eigenvalue weighted by Gasteiger charge is -2.22. The molecular weight excluding hydrogens is 147 g/mol. The van der Waals surface area contributed by atoms with Crippen molar-refractivity contribution in [1.29, 1.82) is 0 Å². The predicted octanol–water partition coefficient (Wildman–Crippen LogP) is 1.99. The lowest BCUT2D eigenvalue weighted by molar-refractivity contribution is -0.138. The number of hydrogen-bond donors (Lipinski definition) is 1. The highest BCUT2D eigenvalue weighted by Gasteiger charge is 2.22. The summed E-state index contributed by atoms with van der Waals surface area (Å²) in [7, 11) is 0. The van der Waals surface area contributed by atoms with E-state index in [4.69, 9.17) is 5.11 Å². The molecule has 1 rings (SSSR count). The molecule has 2 nitrogen and oxygen atoms in total. The zero-order valence-electron chi connectivity index (χ0n) is 6.42. The van der Waals surface area contributed by atoms with Crippen LogP contribution in [0.2, 0.25) is 0 Å². The second kappa shape index (κ2) is 3.69. The second-order valence-corrected chi connectivity index (χ2v) is 3.23. The molecule has 11 heavy (non-hydrogen) atoms. The lowest BCUT2D eigenvalue weighted by Crippen LogP contribution is -2.18. The minimum Gasteiger partial charge on any atom is -0.481 e. The number of carboxylic acids is 1. The standard InChI is InChI=1S/C8H13FO2/c9-7-3-1-2-6(4-7)5-8(10)11/h6-7H,1-5H2,(H,10,11)/t6-,7+/m0/s1. The zero-order valence-corrected chi connectivity index (χ0v) is 6.42. The maximum Gasteiger partial charge on any atom is 0.303 e. The first kappa shape index (κ1) is 8.50. The van der Waals surface area contributed by atoms with Gasteiger partial charge in [0.05, 0.1) is 0 Å². The summed E-state index contributed by atoms with van der Waals surface area (Å²) in [4.78, 5) is 10.3. The Balaban J connectivity index is 2.28. The van der Waals surface area contributed by atoms with Crippen LogP contribution in [0.3, 0.4) is 0 Å². The summed E-state index contributed by atoms with van der Waals surface area (Å²) >= 11 is 0. The van der Waals surface area contributed by atoms with E-state index in [1.807, 2.05) is 0 Å². The van der Waals surface area contributed by atoms with Gasteiger partial charge >= 0.3 is 5.97 Å². The van der Waals surface area contributed by atoms with Gasteiger partial charge in [0.2, 0.25) is 0 Å². The van der Waals surface area contributed by atoms with Crippen molar-refractivity contribution >= 4 is 5.97 Å². The summed E-state index contributed by atoms with van der Waals surface area (Å²) in [6.07, 6.45) is 2.18. The van der Waals surface area contributed by atoms with Gasteiger partial charge in [0.1, 0.15) is 6.17 Å². The van der Waals surface area contributed by atoms with Crippen molar-refractivity contribution < 1.29 is 14.3 Å². The van der Waals surface area contributed by atoms with Crippen LogP contribution < -0.4 is 0 Å². The maximum atomic E-state index is 12.7. The van der Waals surface area contributed by atoms with Crippen molar-refractivity contribution in [3.63, 3.8) is 0 Å². The monoisotopic (exact) mass is 160 g/mol. The highest BCUT2D eigenvalue weighted by Crippen LogP contribution is 2.28. The normalized spacial score (nSPS) is 31.7. The molecule has 0 spiro atoms. The molecule has 2 atom stereocenters. The molecule has 1 aliphatic rings. The van der Waals surface area contributed by atoms with E-state index in [1.54, 1.807) is 0 Å². The first-order valence-electron chi connectivity index (χ1n) is 4.04. The quantitative estimate of drug-likeness (QED) is 0.670. The Morgan fingerprint density at radius 3 is 2.82 bits per heavy atom. The van der Waals surface area contributed by atoms with Gasteiger partial charge in [-0.25, -0.2) is 4.39 Å². The van der Waals surface area contributed by atoms with E-state index in [1.165, 1.54) is 0 Å². The van der Waals surface area contributed by atoms with E-state index in [0.29, 0.717) is 12.8 Å². The van der Waals surface area contributed by atoms with Crippen molar-refractivity contribution in [2.75, 3.05) is 0 Å². The zero-order chi connectivity index (χ0) is 8.27. The topological polar surface area (TPSA) is 37.3 Å². The molecule has 0 bridgehead atoms. The van der Waals surface area contributed by atoms with E-state index in [-0.39, 0.29) is 12.3 Å². The molecule has 0 saturated heterocycles. The second-order valence-electron chi connectivity index (χ2n) is 3.23. The van der Waals surface area contributed by atoms with Crippen LogP contribution >= 0.6 is 0 Å². The van der Waals surface area contributed by atoms with Crippen LogP contribution in [0, 0.1) is 5.92 Å². The van der Waals surface area contributed by atoms with E-state index >= 15 is 0 Å². The summed E-state index contributed by atoms with van der Waals surface area (Å²) in [5.41, 5.74) is 0. The Morgan fingerprint density at radius 1 is 1.55 bits per heavy atom. The van der Waals surface area contributed by atoms with Gasteiger partial charge in [-0.1, -0.05) is 6.42 Å². The van der Waals surface area contributed by atoms with Crippen LogP contribution in [0.15, 0.2) is 0 Å². The van der Waals surface area contributed by atoms with Gasteiger partial charge in [-0.2, -0.15) is 0 Å². The average molecular weight is 160 g/mol. The lowest BCUT2D eigenvalue weighted by atomic mass is 9.86. The molecule has 64 valence electrons. The average Bonchev–Trinajstić information content (AvgIpc) is 1.85. The molecule has 0 amide bonds. The SMILES string of the molecule is O=C(O)C[C@H]1CCC[C@@H](F)C1. The van der Waals surface area contributed by atoms with Gasteiger partial charge in [-0.3, -0.25) is 4.79 Å². The van der Waals surface area contributed by atoms with E-state index in [2.05, 4.69) is 0 Å². The highest BCUT2D eigenvalue weighted by atomic mass is 19.1. The summed E-state index contributed by atoms with van der Waals surface area (Å²) in [6.45, 7) is 0. The molecule has 0 aliphatic heterocycles. The molecular formula is C8H13FO2. The number of aliphatic carboxylic acids is 1. The number of hydrogen-bond acceptors (Lipinski definition) is 1. The third-order valence-corrected chi connectivity index (χ3v) is 2.18. The molecule has 0 aromatic rings. The Bertz CT molecular complexity index is 147. The number of carbonyl (C=O) groups is 1. The molecule has 1 saturated carbocycles. The van der Waals surface area contributed by atoms with Crippen LogP contribution in [0.4, 0.5) is 4.39 Å².